The third-order valence-corrected chi connectivity index (χ3v) is 3.05. The van der Waals surface area contributed by atoms with E-state index in [9.17, 15) is 9.59 Å². The van der Waals surface area contributed by atoms with Crippen molar-refractivity contribution in [3.8, 4) is 11.4 Å². The summed E-state index contributed by atoms with van der Waals surface area (Å²) >= 11 is 0. The topological polar surface area (TPSA) is 85.0 Å². The Bertz CT molecular complexity index is 792. The van der Waals surface area contributed by atoms with Crippen molar-refractivity contribution in [1.82, 2.24) is 9.55 Å². The molecule has 0 unspecified atom stereocenters. The minimum absolute atomic E-state index is 0.0346. The summed E-state index contributed by atoms with van der Waals surface area (Å²) < 4.78 is 6.04. The molecule has 0 radical (unpaired) electrons. The molecule has 0 spiro atoms. The molecule has 1 aliphatic heterocycles. The van der Waals surface area contributed by atoms with Crippen LogP contribution >= 0.6 is 0 Å². The lowest BCUT2D eigenvalue weighted by molar-refractivity contribution is 0.0519. The van der Waals surface area contributed by atoms with Crippen LogP contribution in [-0.4, -0.2) is 28.0 Å². The molecule has 100 valence electrons. The van der Waals surface area contributed by atoms with Crippen molar-refractivity contribution in [2.75, 3.05) is 6.61 Å². The van der Waals surface area contributed by atoms with Gasteiger partial charge in [0.1, 0.15) is 11.7 Å². The monoisotopic (exact) mass is 269 g/mol. The van der Waals surface area contributed by atoms with E-state index in [2.05, 4.69) is 4.98 Å². The largest absolute Gasteiger partial charge is 0.461 e. The fourth-order valence-corrected chi connectivity index (χ4v) is 2.19. The fourth-order valence-electron chi connectivity index (χ4n) is 2.19. The van der Waals surface area contributed by atoms with Crippen molar-refractivity contribution in [3.63, 3.8) is 0 Å². The molecule has 0 saturated heterocycles. The fraction of sp³-hybridized carbons (Fsp3) is 0.143. The predicted octanol–water partition coefficient (Wildman–Crippen LogP) is 1.27. The van der Waals surface area contributed by atoms with Gasteiger partial charge in [-0.2, -0.15) is 0 Å². The molecule has 1 N–H and O–H groups in total. The highest BCUT2D eigenvalue weighted by molar-refractivity contribution is 6.09. The Balaban J connectivity index is 2.24. The zero-order valence-corrected chi connectivity index (χ0v) is 10.7. The van der Waals surface area contributed by atoms with Crippen LogP contribution in [-0.2, 0) is 4.74 Å². The van der Waals surface area contributed by atoms with Crippen molar-refractivity contribution in [2.45, 2.75) is 6.92 Å². The summed E-state index contributed by atoms with van der Waals surface area (Å²) in [6, 6.07) is 8.20. The highest BCUT2D eigenvalue weighted by Gasteiger charge is 2.27. The number of hydrogen-bond donors (Lipinski definition) is 1. The molecule has 6 heteroatoms. The lowest BCUT2D eigenvalue weighted by Gasteiger charge is -2.05. The van der Waals surface area contributed by atoms with Crippen LogP contribution in [0, 0.1) is 5.41 Å². The van der Waals surface area contributed by atoms with Crippen LogP contribution in [0.1, 0.15) is 23.0 Å². The molecule has 0 aliphatic carbocycles. The molecule has 0 amide bonds. The zero-order valence-electron chi connectivity index (χ0n) is 10.7. The molecule has 1 aromatic carbocycles. The molecule has 2 heterocycles. The number of carbonyl (C=O) groups is 1. The molecule has 3 rings (SSSR count). The van der Waals surface area contributed by atoms with Crippen LogP contribution in [0.5, 0.6) is 0 Å². The van der Waals surface area contributed by atoms with Crippen molar-refractivity contribution >= 4 is 11.8 Å². The first kappa shape index (κ1) is 12.3. The second kappa shape index (κ2) is 4.41. The van der Waals surface area contributed by atoms with Crippen LogP contribution in [0.2, 0.25) is 0 Å². The summed E-state index contributed by atoms with van der Waals surface area (Å²) in [4.78, 5) is 28.0. The van der Waals surface area contributed by atoms with Crippen molar-refractivity contribution in [2.24, 2.45) is 0 Å². The van der Waals surface area contributed by atoms with Gasteiger partial charge in [-0.25, -0.2) is 14.3 Å². The van der Waals surface area contributed by atoms with Crippen LogP contribution in [0.25, 0.3) is 11.4 Å². The Labute approximate surface area is 114 Å². The lowest BCUT2D eigenvalue weighted by Crippen LogP contribution is -2.27. The average molecular weight is 269 g/mol. The molecule has 20 heavy (non-hydrogen) atoms. The van der Waals surface area contributed by atoms with E-state index >= 15 is 0 Å². The number of rotatable bonds is 2. The van der Waals surface area contributed by atoms with Gasteiger partial charge in [0.15, 0.2) is 5.69 Å². The van der Waals surface area contributed by atoms with E-state index in [0.717, 1.165) is 6.07 Å². The zero-order chi connectivity index (χ0) is 14.3. The molecule has 0 bridgehead atoms. The normalized spacial score (nSPS) is 11.9. The van der Waals surface area contributed by atoms with Gasteiger partial charge in [0.25, 0.3) is 5.56 Å². The second-order valence-corrected chi connectivity index (χ2v) is 4.25. The Morgan fingerprint density at radius 3 is 2.75 bits per heavy atom. The molecule has 6 nitrogen and oxygen atoms in total. The summed E-state index contributed by atoms with van der Waals surface area (Å²) in [5.74, 6) is -0.256. The van der Waals surface area contributed by atoms with Crippen molar-refractivity contribution in [1.29, 1.82) is 5.41 Å². The van der Waals surface area contributed by atoms with E-state index in [1.165, 1.54) is 4.57 Å². The number of benzene rings is 1. The Morgan fingerprint density at radius 1 is 1.35 bits per heavy atom. The third-order valence-electron chi connectivity index (χ3n) is 3.05. The first-order chi connectivity index (χ1) is 9.63. The number of hydrogen-bond acceptors (Lipinski definition) is 5. The maximum absolute atomic E-state index is 12.1. The van der Waals surface area contributed by atoms with Gasteiger partial charge in [-0.05, 0) is 6.92 Å². The van der Waals surface area contributed by atoms with Crippen molar-refractivity contribution < 1.29 is 9.53 Å². The van der Waals surface area contributed by atoms with Gasteiger partial charge in [0, 0.05) is 17.2 Å². The third kappa shape index (κ3) is 1.65. The minimum Gasteiger partial charge on any atom is -0.461 e. The minimum atomic E-state index is -0.635. The highest BCUT2D eigenvalue weighted by Crippen LogP contribution is 2.28. The molecular formula is C14H11N3O3. The molecule has 2 aromatic rings. The standard InChI is InChI=1S/C14H11N3O3/c1-2-20-14(19)10-7-11(18)17-12(15)8-5-3-4-6-9(8)13(17)16-10/h3-7,15H,2H2,1H3. The Morgan fingerprint density at radius 2 is 2.05 bits per heavy atom. The molecular weight excluding hydrogens is 258 g/mol. The molecule has 1 aliphatic rings. The van der Waals surface area contributed by atoms with Gasteiger partial charge < -0.3 is 4.74 Å². The number of ether oxygens (including phenoxy) is 1. The maximum Gasteiger partial charge on any atom is 0.357 e. The van der Waals surface area contributed by atoms with Crippen LogP contribution in [0.4, 0.5) is 0 Å². The van der Waals surface area contributed by atoms with E-state index < -0.39 is 11.5 Å². The summed E-state index contributed by atoms with van der Waals surface area (Å²) in [5, 5.41) is 8.02. The summed E-state index contributed by atoms with van der Waals surface area (Å²) in [7, 11) is 0. The number of esters is 1. The van der Waals surface area contributed by atoms with E-state index in [1.807, 2.05) is 0 Å². The second-order valence-electron chi connectivity index (χ2n) is 4.25. The lowest BCUT2D eigenvalue weighted by atomic mass is 10.1. The predicted molar refractivity (Wildman–Crippen MR) is 72.1 cm³/mol. The number of fused-ring (bicyclic) bond motifs is 3. The Hall–Kier alpha value is -2.76. The maximum atomic E-state index is 12.1. The number of nitrogens with one attached hydrogen (secondary N) is 1. The van der Waals surface area contributed by atoms with Gasteiger partial charge in [0.05, 0.1) is 6.61 Å². The number of aromatic nitrogens is 2. The highest BCUT2D eigenvalue weighted by atomic mass is 16.5. The Kier molecular flexibility index (Phi) is 2.71. The number of carbonyl (C=O) groups excluding carboxylic acids is 1. The smallest absolute Gasteiger partial charge is 0.357 e. The van der Waals surface area contributed by atoms with Crippen molar-refractivity contribution in [3.05, 3.63) is 51.9 Å². The molecule has 0 saturated carbocycles. The molecule has 0 atom stereocenters. The van der Waals surface area contributed by atoms with E-state index in [4.69, 9.17) is 10.1 Å². The summed E-state index contributed by atoms with van der Waals surface area (Å²) in [6.45, 7) is 1.90. The van der Waals surface area contributed by atoms with Gasteiger partial charge >= 0.3 is 5.97 Å². The first-order valence-corrected chi connectivity index (χ1v) is 6.13. The quantitative estimate of drug-likeness (QED) is 0.710. The summed E-state index contributed by atoms with van der Waals surface area (Å²) in [6.07, 6.45) is 0. The molecule has 1 aromatic heterocycles. The van der Waals surface area contributed by atoms with Gasteiger partial charge in [-0.3, -0.25) is 10.2 Å². The van der Waals surface area contributed by atoms with Gasteiger partial charge in [0.2, 0.25) is 0 Å². The average Bonchev–Trinajstić information content (AvgIpc) is 2.74. The van der Waals surface area contributed by atoms with Gasteiger partial charge in [-0.15, -0.1) is 0 Å². The van der Waals surface area contributed by atoms with Gasteiger partial charge in [-0.1, -0.05) is 24.3 Å². The SMILES string of the molecule is CCOC(=O)c1cc(=O)n2c(n1)-c1ccccc1C2=N. The van der Waals surface area contributed by atoms with E-state index in [0.29, 0.717) is 17.0 Å². The van der Waals surface area contributed by atoms with E-state index in [1.54, 1.807) is 31.2 Å². The molecule has 0 fully saturated rings. The van der Waals surface area contributed by atoms with Crippen LogP contribution < -0.4 is 5.56 Å². The van der Waals surface area contributed by atoms with Crippen LogP contribution in [0.15, 0.2) is 35.1 Å². The van der Waals surface area contributed by atoms with E-state index in [-0.39, 0.29) is 18.1 Å². The summed E-state index contributed by atoms with van der Waals surface area (Å²) in [5.41, 5.74) is 0.797. The first-order valence-electron chi connectivity index (χ1n) is 6.13. The van der Waals surface area contributed by atoms with Crippen LogP contribution in [0.3, 0.4) is 0 Å². The number of nitrogens with zero attached hydrogens (tertiary/aromatic N) is 2.